The third-order valence-corrected chi connectivity index (χ3v) is 3.51. The lowest BCUT2D eigenvalue weighted by atomic mass is 10.2. The highest BCUT2D eigenvalue weighted by atomic mass is 32.1. The van der Waals surface area contributed by atoms with Crippen LogP contribution in [0.5, 0.6) is 5.75 Å². The molecule has 0 unspecified atom stereocenters. The number of amides is 1. The standard InChI is InChI=1S/C16H17NO2S/c1-2-19-14-8-5-13(6-9-14)7-10-16(18)17-12-15-4-3-11-20-15/h3-11H,2,12H2,1H3,(H,17,18)/b10-7+. The summed E-state index contributed by atoms with van der Waals surface area (Å²) in [5.41, 5.74) is 0.972. The average molecular weight is 287 g/mol. The molecule has 0 saturated carbocycles. The first-order chi connectivity index (χ1) is 9.78. The van der Waals surface area contributed by atoms with Crippen LogP contribution in [0.3, 0.4) is 0 Å². The summed E-state index contributed by atoms with van der Waals surface area (Å²) in [6, 6.07) is 11.6. The Morgan fingerprint density at radius 2 is 2.10 bits per heavy atom. The largest absolute Gasteiger partial charge is 0.494 e. The minimum atomic E-state index is -0.0905. The molecule has 0 spiro atoms. The van der Waals surface area contributed by atoms with Gasteiger partial charge in [-0.1, -0.05) is 18.2 Å². The number of carbonyl (C=O) groups is 1. The van der Waals surface area contributed by atoms with Gasteiger partial charge in [0, 0.05) is 11.0 Å². The Hall–Kier alpha value is -2.07. The van der Waals surface area contributed by atoms with Crippen molar-refractivity contribution in [2.75, 3.05) is 6.61 Å². The van der Waals surface area contributed by atoms with Crippen LogP contribution in [0.25, 0.3) is 6.08 Å². The highest BCUT2D eigenvalue weighted by Gasteiger charge is 1.97. The molecule has 2 rings (SSSR count). The van der Waals surface area contributed by atoms with Gasteiger partial charge in [0.25, 0.3) is 0 Å². The molecular weight excluding hydrogens is 270 g/mol. The van der Waals surface area contributed by atoms with Crippen LogP contribution in [0.1, 0.15) is 17.4 Å². The second-order valence-corrected chi connectivity index (χ2v) is 5.16. The van der Waals surface area contributed by atoms with E-state index in [0.717, 1.165) is 16.2 Å². The Bertz CT molecular complexity index is 559. The Kier molecular flexibility index (Phi) is 5.38. The van der Waals surface area contributed by atoms with Crippen molar-refractivity contribution in [2.45, 2.75) is 13.5 Å². The molecule has 1 aromatic carbocycles. The predicted octanol–water partition coefficient (Wildman–Crippen LogP) is 3.48. The highest BCUT2D eigenvalue weighted by molar-refractivity contribution is 7.09. The molecule has 2 aromatic rings. The van der Waals surface area contributed by atoms with Crippen LogP contribution in [-0.2, 0) is 11.3 Å². The van der Waals surface area contributed by atoms with Crippen LogP contribution in [-0.4, -0.2) is 12.5 Å². The van der Waals surface area contributed by atoms with E-state index in [4.69, 9.17) is 4.74 Å². The van der Waals surface area contributed by atoms with Gasteiger partial charge in [-0.2, -0.15) is 0 Å². The number of thiophene rings is 1. The normalized spacial score (nSPS) is 10.7. The Morgan fingerprint density at radius 3 is 2.75 bits per heavy atom. The summed E-state index contributed by atoms with van der Waals surface area (Å²) in [5.74, 6) is 0.749. The molecule has 0 aliphatic carbocycles. The van der Waals surface area contributed by atoms with E-state index < -0.39 is 0 Å². The van der Waals surface area contributed by atoms with E-state index >= 15 is 0 Å². The predicted molar refractivity (Wildman–Crippen MR) is 82.8 cm³/mol. The quantitative estimate of drug-likeness (QED) is 0.826. The van der Waals surface area contributed by atoms with E-state index in [1.807, 2.05) is 48.7 Å². The van der Waals surface area contributed by atoms with Gasteiger partial charge in [0.2, 0.25) is 5.91 Å². The van der Waals surface area contributed by atoms with Gasteiger partial charge in [-0.3, -0.25) is 4.79 Å². The first-order valence-corrected chi connectivity index (χ1v) is 7.37. The van der Waals surface area contributed by atoms with Gasteiger partial charge in [-0.05, 0) is 42.1 Å². The Balaban J connectivity index is 1.83. The molecule has 0 aliphatic heterocycles. The molecule has 0 atom stereocenters. The molecule has 1 aromatic heterocycles. The van der Waals surface area contributed by atoms with Crippen LogP contribution in [0, 0.1) is 0 Å². The molecule has 1 N–H and O–H groups in total. The van der Waals surface area contributed by atoms with Gasteiger partial charge in [0.1, 0.15) is 5.75 Å². The van der Waals surface area contributed by atoms with E-state index in [1.165, 1.54) is 0 Å². The van der Waals surface area contributed by atoms with Crippen LogP contribution in [0.2, 0.25) is 0 Å². The molecule has 1 heterocycles. The number of hydrogen-bond donors (Lipinski definition) is 1. The summed E-state index contributed by atoms with van der Waals surface area (Å²) in [4.78, 5) is 12.8. The summed E-state index contributed by atoms with van der Waals surface area (Å²) in [6.45, 7) is 3.18. The molecule has 1 amide bonds. The van der Waals surface area contributed by atoms with Gasteiger partial charge in [-0.15, -0.1) is 11.3 Å². The summed E-state index contributed by atoms with van der Waals surface area (Å²) < 4.78 is 5.36. The maximum atomic E-state index is 11.7. The van der Waals surface area contributed by atoms with Crippen LogP contribution >= 0.6 is 11.3 Å². The first-order valence-electron chi connectivity index (χ1n) is 6.49. The van der Waals surface area contributed by atoms with Crippen LogP contribution in [0.15, 0.2) is 47.9 Å². The smallest absolute Gasteiger partial charge is 0.244 e. The maximum absolute atomic E-state index is 11.7. The van der Waals surface area contributed by atoms with Crippen LogP contribution in [0.4, 0.5) is 0 Å². The molecule has 0 fully saturated rings. The van der Waals surface area contributed by atoms with Crippen molar-refractivity contribution in [1.29, 1.82) is 0 Å². The zero-order chi connectivity index (χ0) is 14.2. The fourth-order valence-corrected chi connectivity index (χ4v) is 2.30. The van der Waals surface area contributed by atoms with Crippen molar-refractivity contribution >= 4 is 23.3 Å². The first kappa shape index (κ1) is 14.3. The van der Waals surface area contributed by atoms with E-state index in [0.29, 0.717) is 13.2 Å². The zero-order valence-corrected chi connectivity index (χ0v) is 12.2. The molecule has 0 aliphatic rings. The molecule has 104 valence electrons. The topological polar surface area (TPSA) is 38.3 Å². The van der Waals surface area contributed by atoms with E-state index in [1.54, 1.807) is 23.5 Å². The van der Waals surface area contributed by atoms with E-state index in [2.05, 4.69) is 5.32 Å². The maximum Gasteiger partial charge on any atom is 0.244 e. The molecule has 4 heteroatoms. The van der Waals surface area contributed by atoms with Gasteiger partial charge in [0.15, 0.2) is 0 Å². The Morgan fingerprint density at radius 1 is 1.30 bits per heavy atom. The number of benzene rings is 1. The van der Waals surface area contributed by atoms with E-state index in [-0.39, 0.29) is 5.91 Å². The van der Waals surface area contributed by atoms with Crippen molar-refractivity contribution in [3.63, 3.8) is 0 Å². The summed E-state index contributed by atoms with van der Waals surface area (Å²) in [7, 11) is 0. The molecule has 20 heavy (non-hydrogen) atoms. The van der Waals surface area contributed by atoms with Gasteiger partial charge in [0.05, 0.1) is 13.2 Å². The SMILES string of the molecule is CCOc1ccc(/C=C/C(=O)NCc2cccs2)cc1. The number of ether oxygens (including phenoxy) is 1. The second-order valence-electron chi connectivity index (χ2n) is 4.13. The van der Waals surface area contributed by atoms with Crippen molar-refractivity contribution in [3.8, 4) is 5.75 Å². The van der Waals surface area contributed by atoms with Gasteiger partial charge < -0.3 is 10.1 Å². The third-order valence-electron chi connectivity index (χ3n) is 2.64. The fraction of sp³-hybridized carbons (Fsp3) is 0.188. The Labute approximate surface area is 122 Å². The lowest BCUT2D eigenvalue weighted by Crippen LogP contribution is -2.19. The number of carbonyl (C=O) groups excluding carboxylic acids is 1. The van der Waals surface area contributed by atoms with Crippen molar-refractivity contribution in [2.24, 2.45) is 0 Å². The van der Waals surface area contributed by atoms with Crippen molar-refractivity contribution < 1.29 is 9.53 Å². The number of hydrogen-bond acceptors (Lipinski definition) is 3. The summed E-state index contributed by atoms with van der Waals surface area (Å²) >= 11 is 1.63. The fourth-order valence-electron chi connectivity index (χ4n) is 1.66. The summed E-state index contributed by atoms with van der Waals surface area (Å²) in [5, 5.41) is 4.84. The average Bonchev–Trinajstić information content (AvgIpc) is 2.98. The second kappa shape index (κ2) is 7.50. The summed E-state index contributed by atoms with van der Waals surface area (Å²) in [6.07, 6.45) is 3.34. The number of rotatable bonds is 6. The van der Waals surface area contributed by atoms with E-state index in [9.17, 15) is 4.79 Å². The molecular formula is C16H17NO2S. The lowest BCUT2D eigenvalue weighted by molar-refractivity contribution is -0.116. The third kappa shape index (κ3) is 4.55. The molecule has 3 nitrogen and oxygen atoms in total. The molecule has 0 saturated heterocycles. The van der Waals surface area contributed by atoms with Crippen LogP contribution < -0.4 is 10.1 Å². The minimum absolute atomic E-state index is 0.0905. The lowest BCUT2D eigenvalue weighted by Gasteiger charge is -2.02. The monoisotopic (exact) mass is 287 g/mol. The zero-order valence-electron chi connectivity index (χ0n) is 11.3. The van der Waals surface area contributed by atoms with Gasteiger partial charge in [-0.25, -0.2) is 0 Å². The van der Waals surface area contributed by atoms with Crippen molar-refractivity contribution in [3.05, 3.63) is 58.3 Å². The van der Waals surface area contributed by atoms with Crippen molar-refractivity contribution in [1.82, 2.24) is 5.32 Å². The highest BCUT2D eigenvalue weighted by Crippen LogP contribution is 2.13. The molecule has 0 bridgehead atoms. The molecule has 0 radical (unpaired) electrons. The number of nitrogens with one attached hydrogen (secondary N) is 1. The van der Waals surface area contributed by atoms with Gasteiger partial charge >= 0.3 is 0 Å². The minimum Gasteiger partial charge on any atom is -0.494 e.